The first-order valence-electron chi connectivity index (χ1n) is 4.83. The lowest BCUT2D eigenvalue weighted by molar-refractivity contribution is 0.0690. The van der Waals surface area contributed by atoms with Crippen LogP contribution in [0.3, 0.4) is 0 Å². The third kappa shape index (κ3) is 2.72. The number of rotatable bonds is 3. The predicted molar refractivity (Wildman–Crippen MR) is 63.7 cm³/mol. The van der Waals surface area contributed by atoms with Crippen molar-refractivity contribution < 1.29 is 14.3 Å². The van der Waals surface area contributed by atoms with E-state index in [1.807, 2.05) is 0 Å². The molecule has 18 heavy (non-hydrogen) atoms. The Labute approximate surface area is 106 Å². The Morgan fingerprint density at radius 1 is 1.39 bits per heavy atom. The van der Waals surface area contributed by atoms with E-state index in [9.17, 15) is 9.18 Å². The molecule has 0 aliphatic rings. The van der Waals surface area contributed by atoms with Crippen LogP contribution in [-0.2, 0) is 0 Å². The summed E-state index contributed by atoms with van der Waals surface area (Å²) in [7, 11) is 0. The van der Waals surface area contributed by atoms with Crippen molar-refractivity contribution in [3.8, 4) is 0 Å². The molecule has 0 amide bonds. The van der Waals surface area contributed by atoms with Crippen molar-refractivity contribution in [3.63, 3.8) is 0 Å². The molecule has 0 aliphatic carbocycles. The highest BCUT2D eigenvalue weighted by Gasteiger charge is 2.07. The zero-order chi connectivity index (χ0) is 13.1. The average molecular weight is 268 g/mol. The van der Waals surface area contributed by atoms with Crippen LogP contribution in [0.15, 0.2) is 30.6 Å². The van der Waals surface area contributed by atoms with Crippen molar-refractivity contribution in [3.05, 3.63) is 47.1 Å². The van der Waals surface area contributed by atoms with Crippen molar-refractivity contribution >= 4 is 29.1 Å². The quantitative estimate of drug-likeness (QED) is 0.894. The zero-order valence-electron chi connectivity index (χ0n) is 8.89. The Morgan fingerprint density at radius 3 is 2.83 bits per heavy atom. The fourth-order valence-electron chi connectivity index (χ4n) is 1.25. The van der Waals surface area contributed by atoms with Crippen LogP contribution < -0.4 is 5.32 Å². The molecule has 0 saturated carbocycles. The number of carbonyl (C=O) groups is 1. The number of halogens is 2. The highest BCUT2D eigenvalue weighted by Crippen LogP contribution is 2.21. The minimum absolute atomic E-state index is 0.0395. The molecule has 1 aromatic carbocycles. The molecule has 2 aromatic rings. The molecule has 1 aromatic heterocycles. The van der Waals surface area contributed by atoms with Crippen LogP contribution >= 0.6 is 11.6 Å². The SMILES string of the molecule is O=C(O)c1cncc(Nc2ccc(F)c(Cl)c2)n1. The fourth-order valence-corrected chi connectivity index (χ4v) is 1.43. The third-order valence-electron chi connectivity index (χ3n) is 2.05. The third-order valence-corrected chi connectivity index (χ3v) is 2.34. The first kappa shape index (κ1) is 12.3. The van der Waals surface area contributed by atoms with Gasteiger partial charge >= 0.3 is 5.97 Å². The number of benzene rings is 1. The molecule has 2 N–H and O–H groups in total. The van der Waals surface area contributed by atoms with E-state index < -0.39 is 11.8 Å². The summed E-state index contributed by atoms with van der Waals surface area (Å²) in [6.07, 6.45) is 2.48. The van der Waals surface area contributed by atoms with Gasteiger partial charge in [-0.2, -0.15) is 0 Å². The summed E-state index contributed by atoms with van der Waals surface area (Å²) in [5.41, 5.74) is 0.298. The topological polar surface area (TPSA) is 75.1 Å². The molecule has 0 spiro atoms. The summed E-state index contributed by atoms with van der Waals surface area (Å²) in [6.45, 7) is 0. The highest BCUT2D eigenvalue weighted by molar-refractivity contribution is 6.31. The molecule has 92 valence electrons. The van der Waals surface area contributed by atoms with E-state index >= 15 is 0 Å². The number of carboxylic acid groups (broad SMARTS) is 1. The van der Waals surface area contributed by atoms with E-state index in [0.29, 0.717) is 5.69 Å². The van der Waals surface area contributed by atoms with Gasteiger partial charge in [-0.05, 0) is 18.2 Å². The summed E-state index contributed by atoms with van der Waals surface area (Å²) in [4.78, 5) is 18.2. The van der Waals surface area contributed by atoms with Gasteiger partial charge in [0, 0.05) is 5.69 Å². The Morgan fingerprint density at radius 2 is 2.17 bits per heavy atom. The van der Waals surface area contributed by atoms with E-state index in [0.717, 1.165) is 6.20 Å². The van der Waals surface area contributed by atoms with Gasteiger partial charge in [0.25, 0.3) is 0 Å². The maximum atomic E-state index is 12.9. The minimum Gasteiger partial charge on any atom is -0.476 e. The van der Waals surface area contributed by atoms with E-state index in [-0.39, 0.29) is 16.5 Å². The van der Waals surface area contributed by atoms with Crippen LogP contribution in [-0.4, -0.2) is 21.0 Å². The lowest BCUT2D eigenvalue weighted by atomic mass is 10.3. The van der Waals surface area contributed by atoms with Crippen molar-refractivity contribution in [2.24, 2.45) is 0 Å². The number of aromatic carboxylic acids is 1. The Bertz CT molecular complexity index is 607. The van der Waals surface area contributed by atoms with Crippen molar-refractivity contribution in [1.82, 2.24) is 9.97 Å². The lowest BCUT2D eigenvalue weighted by Gasteiger charge is -2.06. The van der Waals surface area contributed by atoms with Gasteiger partial charge in [-0.25, -0.2) is 14.2 Å². The largest absolute Gasteiger partial charge is 0.476 e. The molecule has 2 rings (SSSR count). The maximum Gasteiger partial charge on any atom is 0.356 e. The highest BCUT2D eigenvalue weighted by atomic mass is 35.5. The number of hydrogen-bond donors (Lipinski definition) is 2. The summed E-state index contributed by atoms with van der Waals surface area (Å²) in [6, 6.07) is 4.02. The monoisotopic (exact) mass is 267 g/mol. The van der Waals surface area contributed by atoms with Gasteiger partial charge in [-0.3, -0.25) is 4.98 Å². The first-order chi connectivity index (χ1) is 8.56. The first-order valence-corrected chi connectivity index (χ1v) is 5.21. The molecule has 0 aliphatic heterocycles. The van der Waals surface area contributed by atoms with E-state index in [1.54, 1.807) is 0 Å². The van der Waals surface area contributed by atoms with Gasteiger partial charge in [0.05, 0.1) is 17.4 Å². The molecule has 0 radical (unpaired) electrons. The molecular weight excluding hydrogens is 261 g/mol. The van der Waals surface area contributed by atoms with Crippen molar-refractivity contribution in [1.29, 1.82) is 0 Å². The van der Waals surface area contributed by atoms with E-state index in [2.05, 4.69) is 15.3 Å². The molecule has 0 bridgehead atoms. The van der Waals surface area contributed by atoms with E-state index in [1.165, 1.54) is 24.4 Å². The van der Waals surface area contributed by atoms with Gasteiger partial charge in [0.2, 0.25) is 0 Å². The average Bonchev–Trinajstić information content (AvgIpc) is 2.34. The van der Waals surface area contributed by atoms with Crippen LogP contribution in [0.2, 0.25) is 5.02 Å². The Kier molecular flexibility index (Phi) is 3.38. The summed E-state index contributed by atoms with van der Waals surface area (Å²) in [5.74, 6) is -1.48. The van der Waals surface area contributed by atoms with E-state index in [4.69, 9.17) is 16.7 Å². The molecule has 0 saturated heterocycles. The van der Waals surface area contributed by atoms with Crippen LogP contribution in [0.1, 0.15) is 10.5 Å². The molecule has 0 fully saturated rings. The fraction of sp³-hybridized carbons (Fsp3) is 0. The van der Waals surface area contributed by atoms with Crippen LogP contribution in [0.5, 0.6) is 0 Å². The number of hydrogen-bond acceptors (Lipinski definition) is 4. The number of nitrogens with one attached hydrogen (secondary N) is 1. The second-order valence-electron chi connectivity index (χ2n) is 3.35. The van der Waals surface area contributed by atoms with Gasteiger partial charge in [-0.15, -0.1) is 0 Å². The maximum absolute atomic E-state index is 12.9. The van der Waals surface area contributed by atoms with Crippen molar-refractivity contribution in [2.75, 3.05) is 5.32 Å². The van der Waals surface area contributed by atoms with Gasteiger partial charge < -0.3 is 10.4 Å². The second-order valence-corrected chi connectivity index (χ2v) is 3.76. The van der Waals surface area contributed by atoms with Gasteiger partial charge in [-0.1, -0.05) is 11.6 Å². The molecule has 0 atom stereocenters. The Balaban J connectivity index is 2.25. The molecule has 7 heteroatoms. The Hall–Kier alpha value is -2.21. The van der Waals surface area contributed by atoms with Gasteiger partial charge in [0.1, 0.15) is 11.6 Å². The van der Waals surface area contributed by atoms with Crippen LogP contribution in [0, 0.1) is 5.82 Å². The molecule has 1 heterocycles. The van der Waals surface area contributed by atoms with Crippen LogP contribution in [0.4, 0.5) is 15.9 Å². The standard InChI is InChI=1S/C11H7ClFN3O2/c12-7-3-6(1-2-8(7)13)15-10-5-14-4-9(16-10)11(17)18/h1-5H,(H,15,16)(H,17,18). The van der Waals surface area contributed by atoms with Crippen molar-refractivity contribution in [2.45, 2.75) is 0 Å². The zero-order valence-corrected chi connectivity index (χ0v) is 9.65. The number of aromatic nitrogens is 2. The number of carboxylic acids is 1. The molecule has 5 nitrogen and oxygen atoms in total. The summed E-state index contributed by atoms with van der Waals surface area (Å²) >= 11 is 5.62. The second kappa shape index (κ2) is 4.97. The molecule has 0 unspecified atom stereocenters. The summed E-state index contributed by atoms with van der Waals surface area (Å²) in [5, 5.41) is 11.5. The number of anilines is 2. The normalized spacial score (nSPS) is 10.1. The lowest BCUT2D eigenvalue weighted by Crippen LogP contribution is -2.04. The smallest absolute Gasteiger partial charge is 0.356 e. The van der Waals surface area contributed by atoms with Crippen LogP contribution in [0.25, 0.3) is 0 Å². The summed E-state index contributed by atoms with van der Waals surface area (Å²) < 4.78 is 12.9. The predicted octanol–water partition coefficient (Wildman–Crippen LogP) is 2.71. The number of nitrogens with zero attached hydrogens (tertiary/aromatic N) is 2. The minimum atomic E-state index is -1.18. The molecular formula is C11H7ClFN3O2. The van der Waals surface area contributed by atoms with Gasteiger partial charge in [0.15, 0.2) is 5.69 Å².